The maximum absolute atomic E-state index is 12.7. The second kappa shape index (κ2) is 9.98. The molecule has 4 rings (SSSR count). The van der Waals surface area contributed by atoms with E-state index in [9.17, 15) is 4.79 Å². The molecule has 7 nitrogen and oxygen atoms in total. The highest BCUT2D eigenvalue weighted by molar-refractivity contribution is 7.98. The van der Waals surface area contributed by atoms with Crippen LogP contribution in [0.3, 0.4) is 0 Å². The summed E-state index contributed by atoms with van der Waals surface area (Å²) in [4.78, 5) is 20.6. The molecule has 0 atom stereocenters. The van der Waals surface area contributed by atoms with Crippen molar-refractivity contribution in [3.63, 3.8) is 0 Å². The van der Waals surface area contributed by atoms with E-state index in [0.717, 1.165) is 47.8 Å². The van der Waals surface area contributed by atoms with Crippen molar-refractivity contribution in [3.8, 4) is 17.1 Å². The molecule has 1 aliphatic heterocycles. The van der Waals surface area contributed by atoms with Crippen LogP contribution in [0.2, 0.25) is 0 Å². The molecule has 1 aromatic heterocycles. The van der Waals surface area contributed by atoms with Crippen molar-refractivity contribution >= 4 is 23.4 Å². The van der Waals surface area contributed by atoms with Gasteiger partial charge < -0.3 is 14.6 Å². The number of carbonyl (C=O) groups is 1. The number of likely N-dealkylation sites (tertiary alicyclic amines) is 1. The third-order valence-electron chi connectivity index (χ3n) is 5.47. The first-order valence-corrected chi connectivity index (χ1v) is 11.5. The predicted molar refractivity (Wildman–Crippen MR) is 121 cm³/mol. The van der Waals surface area contributed by atoms with Crippen LogP contribution in [0.15, 0.2) is 57.9 Å². The Kier molecular flexibility index (Phi) is 6.89. The van der Waals surface area contributed by atoms with Crippen molar-refractivity contribution in [3.05, 3.63) is 54.4 Å². The van der Waals surface area contributed by atoms with Crippen molar-refractivity contribution in [2.45, 2.75) is 24.3 Å². The molecule has 31 heavy (non-hydrogen) atoms. The third-order valence-corrected chi connectivity index (χ3v) is 6.20. The number of methoxy groups -OCH3 is 1. The number of nitrogens with one attached hydrogen (secondary N) is 1. The molecule has 1 amide bonds. The average Bonchev–Trinajstić information content (AvgIpc) is 3.28. The number of aromatic nitrogens is 2. The van der Waals surface area contributed by atoms with Gasteiger partial charge in [-0.25, -0.2) is 0 Å². The summed E-state index contributed by atoms with van der Waals surface area (Å²) in [7, 11) is 1.64. The molecule has 162 valence electrons. The lowest BCUT2D eigenvalue weighted by Gasteiger charge is -2.30. The largest absolute Gasteiger partial charge is 0.497 e. The quantitative estimate of drug-likeness (QED) is 0.550. The van der Waals surface area contributed by atoms with Gasteiger partial charge in [0.05, 0.1) is 13.7 Å². The van der Waals surface area contributed by atoms with Gasteiger partial charge in [-0.05, 0) is 74.7 Å². The van der Waals surface area contributed by atoms with Crippen LogP contribution in [-0.4, -0.2) is 47.4 Å². The highest BCUT2D eigenvalue weighted by atomic mass is 32.2. The van der Waals surface area contributed by atoms with E-state index in [1.807, 2.05) is 54.8 Å². The van der Waals surface area contributed by atoms with Gasteiger partial charge >= 0.3 is 0 Å². The van der Waals surface area contributed by atoms with Crippen LogP contribution in [0.1, 0.15) is 18.7 Å². The molecule has 0 aliphatic carbocycles. The van der Waals surface area contributed by atoms with Crippen LogP contribution in [0, 0.1) is 5.92 Å². The van der Waals surface area contributed by atoms with Crippen LogP contribution in [0.25, 0.3) is 11.4 Å². The van der Waals surface area contributed by atoms with E-state index in [2.05, 4.69) is 20.4 Å². The zero-order valence-electron chi connectivity index (χ0n) is 17.7. The topological polar surface area (TPSA) is 80.5 Å². The Balaban J connectivity index is 1.28. The molecule has 8 heteroatoms. The number of nitrogens with zero attached hydrogens (tertiary/aromatic N) is 3. The van der Waals surface area contributed by atoms with Crippen LogP contribution in [0.4, 0.5) is 5.69 Å². The summed E-state index contributed by atoms with van der Waals surface area (Å²) in [6, 6.07) is 15.5. The van der Waals surface area contributed by atoms with Gasteiger partial charge in [-0.2, -0.15) is 4.98 Å². The predicted octanol–water partition coefficient (Wildman–Crippen LogP) is 4.32. The van der Waals surface area contributed by atoms with Crippen LogP contribution >= 0.6 is 11.8 Å². The first-order valence-electron chi connectivity index (χ1n) is 10.3. The lowest BCUT2D eigenvalue weighted by atomic mass is 9.96. The van der Waals surface area contributed by atoms with E-state index in [-0.39, 0.29) is 11.8 Å². The molecule has 0 unspecified atom stereocenters. The molecule has 3 aromatic rings. The molecule has 2 heterocycles. The average molecular weight is 439 g/mol. The fraction of sp³-hybridized carbons (Fsp3) is 0.348. The summed E-state index contributed by atoms with van der Waals surface area (Å²) in [6.07, 6.45) is 3.65. The summed E-state index contributed by atoms with van der Waals surface area (Å²) in [5, 5.41) is 7.15. The summed E-state index contributed by atoms with van der Waals surface area (Å²) in [6.45, 7) is 2.24. The zero-order valence-corrected chi connectivity index (χ0v) is 18.5. The van der Waals surface area contributed by atoms with E-state index >= 15 is 0 Å². The van der Waals surface area contributed by atoms with E-state index < -0.39 is 0 Å². The normalized spacial score (nSPS) is 15.0. The highest BCUT2D eigenvalue weighted by Gasteiger charge is 2.26. The molecule has 1 fully saturated rings. The Morgan fingerprint density at radius 3 is 2.71 bits per heavy atom. The van der Waals surface area contributed by atoms with Gasteiger partial charge in [0.2, 0.25) is 17.6 Å². The molecule has 0 bridgehead atoms. The van der Waals surface area contributed by atoms with Crippen LogP contribution in [0.5, 0.6) is 5.75 Å². The number of carbonyl (C=O) groups excluding carboxylic acids is 1. The van der Waals surface area contributed by atoms with E-state index in [0.29, 0.717) is 18.3 Å². The molecule has 0 radical (unpaired) electrons. The van der Waals surface area contributed by atoms with Crippen LogP contribution in [-0.2, 0) is 11.3 Å². The SMILES string of the molecule is COc1ccc(-c2noc(CN3CCC(C(=O)Nc4cccc(SC)c4)CC3)n2)cc1. The molecule has 1 saturated heterocycles. The number of rotatable bonds is 7. The Hall–Kier alpha value is -2.84. The van der Waals surface area contributed by atoms with E-state index in [1.165, 1.54) is 0 Å². The van der Waals surface area contributed by atoms with Gasteiger partial charge in [-0.15, -0.1) is 11.8 Å². The Labute approximate surface area is 186 Å². The third kappa shape index (κ3) is 5.45. The molecular formula is C23H26N4O3S. The molecule has 2 aromatic carbocycles. The summed E-state index contributed by atoms with van der Waals surface area (Å²) in [5.74, 6) is 2.06. The van der Waals surface area contributed by atoms with Gasteiger partial charge in [-0.1, -0.05) is 11.2 Å². The van der Waals surface area contributed by atoms with Crippen molar-refractivity contribution in [1.29, 1.82) is 0 Å². The number of hydrogen-bond donors (Lipinski definition) is 1. The van der Waals surface area contributed by atoms with E-state index in [4.69, 9.17) is 9.26 Å². The Morgan fingerprint density at radius 2 is 2.00 bits per heavy atom. The number of amides is 1. The fourth-order valence-electron chi connectivity index (χ4n) is 3.67. The Bertz CT molecular complexity index is 1010. The van der Waals surface area contributed by atoms with Gasteiger partial charge in [-0.3, -0.25) is 9.69 Å². The minimum Gasteiger partial charge on any atom is -0.497 e. The van der Waals surface area contributed by atoms with Gasteiger partial charge in [0.1, 0.15) is 5.75 Å². The monoisotopic (exact) mass is 438 g/mol. The minimum atomic E-state index is 0.0201. The molecule has 1 N–H and O–H groups in total. The van der Waals surface area contributed by atoms with Crippen molar-refractivity contribution in [1.82, 2.24) is 15.0 Å². The van der Waals surface area contributed by atoms with Crippen LogP contribution < -0.4 is 10.1 Å². The highest BCUT2D eigenvalue weighted by Crippen LogP contribution is 2.24. The van der Waals surface area contributed by atoms with Gasteiger partial charge in [0.15, 0.2) is 0 Å². The maximum atomic E-state index is 12.7. The number of anilines is 1. The number of piperidine rings is 1. The van der Waals surface area contributed by atoms with E-state index in [1.54, 1.807) is 18.9 Å². The lowest BCUT2D eigenvalue weighted by molar-refractivity contribution is -0.121. The maximum Gasteiger partial charge on any atom is 0.241 e. The first-order chi connectivity index (χ1) is 15.1. The Morgan fingerprint density at radius 1 is 1.23 bits per heavy atom. The number of benzene rings is 2. The number of ether oxygens (including phenoxy) is 1. The van der Waals surface area contributed by atoms with Crippen molar-refractivity contribution in [2.24, 2.45) is 5.92 Å². The second-order valence-electron chi connectivity index (χ2n) is 7.51. The lowest BCUT2D eigenvalue weighted by Crippen LogP contribution is -2.37. The van der Waals surface area contributed by atoms with Crippen molar-refractivity contribution in [2.75, 3.05) is 31.8 Å². The van der Waals surface area contributed by atoms with Gasteiger partial charge in [0, 0.05) is 22.1 Å². The molecule has 0 spiro atoms. The molecule has 1 aliphatic rings. The number of hydrogen-bond acceptors (Lipinski definition) is 7. The summed E-state index contributed by atoms with van der Waals surface area (Å²) >= 11 is 1.67. The minimum absolute atomic E-state index is 0.0201. The number of thioether (sulfide) groups is 1. The smallest absolute Gasteiger partial charge is 0.241 e. The molecular weight excluding hydrogens is 412 g/mol. The second-order valence-corrected chi connectivity index (χ2v) is 8.39. The van der Waals surface area contributed by atoms with Crippen molar-refractivity contribution < 1.29 is 14.1 Å². The summed E-state index contributed by atoms with van der Waals surface area (Å²) < 4.78 is 10.6. The zero-order chi connectivity index (χ0) is 21.6. The summed E-state index contributed by atoms with van der Waals surface area (Å²) in [5.41, 5.74) is 1.74. The first kappa shape index (κ1) is 21.4. The van der Waals surface area contributed by atoms with Gasteiger partial charge in [0.25, 0.3) is 0 Å². The standard InChI is InChI=1S/C23H26N4O3S/c1-29-19-8-6-16(7-9-19)22-25-21(30-26-22)15-27-12-10-17(11-13-27)23(28)24-18-4-3-5-20(14-18)31-2/h3-9,14,17H,10-13,15H2,1-2H3,(H,24,28). The molecule has 0 saturated carbocycles. The fourth-order valence-corrected chi connectivity index (χ4v) is 4.13.